The summed E-state index contributed by atoms with van der Waals surface area (Å²) in [6, 6.07) is 8.00. The third-order valence-corrected chi connectivity index (χ3v) is 3.79. The minimum Gasteiger partial charge on any atom is -0.495 e. The predicted molar refractivity (Wildman–Crippen MR) is 65.8 cm³/mol. The van der Waals surface area contributed by atoms with E-state index in [1.54, 1.807) is 18.4 Å². The molecule has 0 unspecified atom stereocenters. The fourth-order valence-electron chi connectivity index (χ4n) is 1.29. The van der Waals surface area contributed by atoms with Crippen LogP contribution in [0.3, 0.4) is 0 Å². The molecule has 1 aromatic carbocycles. The van der Waals surface area contributed by atoms with Crippen molar-refractivity contribution in [2.45, 2.75) is 0 Å². The number of fused-ring (bicyclic) bond motifs is 1. The van der Waals surface area contributed by atoms with Gasteiger partial charge < -0.3 is 4.74 Å². The molecule has 0 fully saturated rings. The fraction of sp³-hybridized carbons (Fsp3) is 0.100. The normalized spacial score (nSPS) is 10.1. The molecule has 14 heavy (non-hydrogen) atoms. The summed E-state index contributed by atoms with van der Waals surface area (Å²) in [5.41, 5.74) is 0.596. The van der Waals surface area contributed by atoms with Crippen molar-refractivity contribution < 1.29 is 4.74 Å². The standard InChI is InChI=1S/C10H6INOS/c1-13-8-2-6-4-10(11)14-9(6)3-7(8)5-12/h2-4H,1H3. The molecule has 0 N–H and O–H groups in total. The summed E-state index contributed by atoms with van der Waals surface area (Å²) in [5.74, 6) is 0.647. The lowest BCUT2D eigenvalue weighted by Crippen LogP contribution is -1.86. The molecule has 0 spiro atoms. The van der Waals surface area contributed by atoms with E-state index in [0.717, 1.165) is 10.1 Å². The van der Waals surface area contributed by atoms with E-state index in [-0.39, 0.29) is 0 Å². The minimum absolute atomic E-state index is 0.596. The van der Waals surface area contributed by atoms with Crippen molar-refractivity contribution >= 4 is 44.0 Å². The third kappa shape index (κ3) is 1.57. The molecule has 2 aromatic rings. The molecule has 2 nitrogen and oxygen atoms in total. The lowest BCUT2D eigenvalue weighted by atomic mass is 10.2. The number of hydrogen-bond acceptors (Lipinski definition) is 3. The van der Waals surface area contributed by atoms with Crippen LogP contribution in [0.5, 0.6) is 5.75 Å². The van der Waals surface area contributed by atoms with Crippen molar-refractivity contribution in [1.82, 2.24) is 0 Å². The number of thiophene rings is 1. The maximum Gasteiger partial charge on any atom is 0.137 e. The van der Waals surface area contributed by atoms with E-state index >= 15 is 0 Å². The number of hydrogen-bond donors (Lipinski definition) is 0. The monoisotopic (exact) mass is 315 g/mol. The summed E-state index contributed by atoms with van der Waals surface area (Å²) >= 11 is 3.96. The molecule has 70 valence electrons. The van der Waals surface area contributed by atoms with Gasteiger partial charge in [-0.3, -0.25) is 0 Å². The van der Waals surface area contributed by atoms with Crippen LogP contribution in [0.1, 0.15) is 5.56 Å². The molecular formula is C10H6INOS. The average molecular weight is 315 g/mol. The molecule has 0 radical (unpaired) electrons. The van der Waals surface area contributed by atoms with Crippen LogP contribution in [0.4, 0.5) is 0 Å². The molecule has 0 aliphatic carbocycles. The van der Waals surface area contributed by atoms with Gasteiger partial charge in [-0.25, -0.2) is 0 Å². The van der Waals surface area contributed by atoms with Crippen molar-refractivity contribution in [2.24, 2.45) is 0 Å². The highest BCUT2D eigenvalue weighted by Crippen LogP contribution is 2.32. The average Bonchev–Trinajstić information content (AvgIpc) is 2.54. The number of methoxy groups -OCH3 is 1. The first-order chi connectivity index (χ1) is 6.74. The summed E-state index contributed by atoms with van der Waals surface area (Å²) in [6.07, 6.45) is 0. The van der Waals surface area contributed by atoms with Gasteiger partial charge in [0.25, 0.3) is 0 Å². The fourth-order valence-corrected chi connectivity index (χ4v) is 3.15. The van der Waals surface area contributed by atoms with Crippen LogP contribution < -0.4 is 4.74 Å². The Bertz CT molecular complexity index is 527. The van der Waals surface area contributed by atoms with Gasteiger partial charge in [-0.15, -0.1) is 11.3 Å². The highest BCUT2D eigenvalue weighted by molar-refractivity contribution is 14.1. The first-order valence-corrected chi connectivity index (χ1v) is 5.81. The molecule has 0 aliphatic heterocycles. The second-order valence-electron chi connectivity index (χ2n) is 2.75. The van der Waals surface area contributed by atoms with Crippen molar-refractivity contribution in [1.29, 1.82) is 5.26 Å². The van der Waals surface area contributed by atoms with E-state index in [0.29, 0.717) is 11.3 Å². The summed E-state index contributed by atoms with van der Waals surface area (Å²) in [5, 5.41) is 10.0. The largest absolute Gasteiger partial charge is 0.495 e. The first kappa shape index (κ1) is 9.74. The number of rotatable bonds is 1. The van der Waals surface area contributed by atoms with Crippen LogP contribution in [-0.4, -0.2) is 7.11 Å². The van der Waals surface area contributed by atoms with Crippen LogP contribution >= 0.6 is 33.9 Å². The summed E-state index contributed by atoms with van der Waals surface area (Å²) < 4.78 is 7.48. The minimum atomic E-state index is 0.596. The summed E-state index contributed by atoms with van der Waals surface area (Å²) in [6.45, 7) is 0. The van der Waals surface area contributed by atoms with Gasteiger partial charge in [0.15, 0.2) is 0 Å². The smallest absolute Gasteiger partial charge is 0.137 e. The maximum absolute atomic E-state index is 8.89. The van der Waals surface area contributed by atoms with E-state index in [2.05, 4.69) is 34.7 Å². The molecule has 0 aliphatic rings. The zero-order chi connectivity index (χ0) is 10.1. The number of nitrogens with zero attached hydrogens (tertiary/aromatic N) is 1. The van der Waals surface area contributed by atoms with Crippen molar-refractivity contribution in [3.8, 4) is 11.8 Å². The zero-order valence-electron chi connectivity index (χ0n) is 7.37. The molecular weight excluding hydrogens is 309 g/mol. The maximum atomic E-state index is 8.89. The highest BCUT2D eigenvalue weighted by Gasteiger charge is 2.06. The van der Waals surface area contributed by atoms with Crippen LogP contribution in [0.2, 0.25) is 0 Å². The molecule has 1 aromatic heterocycles. The Labute approximate surface area is 99.3 Å². The molecule has 4 heteroatoms. The zero-order valence-corrected chi connectivity index (χ0v) is 10.3. The van der Waals surface area contributed by atoms with Gasteiger partial charge in [0, 0.05) is 4.70 Å². The first-order valence-electron chi connectivity index (χ1n) is 3.92. The van der Waals surface area contributed by atoms with Crippen molar-refractivity contribution in [3.05, 3.63) is 26.6 Å². The van der Waals surface area contributed by atoms with E-state index in [1.807, 2.05) is 12.1 Å². The molecule has 0 saturated heterocycles. The Balaban J connectivity index is 2.76. The van der Waals surface area contributed by atoms with Crippen LogP contribution in [0.15, 0.2) is 18.2 Å². The second kappa shape index (κ2) is 3.75. The molecule has 0 bridgehead atoms. The molecule has 0 saturated carbocycles. The lowest BCUT2D eigenvalue weighted by Gasteiger charge is -2.01. The predicted octanol–water partition coefficient (Wildman–Crippen LogP) is 3.39. The molecule has 0 atom stereocenters. The van der Waals surface area contributed by atoms with Gasteiger partial charge in [-0.1, -0.05) is 0 Å². The number of benzene rings is 1. The van der Waals surface area contributed by atoms with Gasteiger partial charge in [0.2, 0.25) is 0 Å². The number of halogens is 1. The van der Waals surface area contributed by atoms with Gasteiger partial charge in [0.05, 0.1) is 15.6 Å². The van der Waals surface area contributed by atoms with Gasteiger partial charge in [-0.05, 0) is 46.2 Å². The summed E-state index contributed by atoms with van der Waals surface area (Å²) in [7, 11) is 1.58. The Morgan fingerprint density at radius 1 is 1.43 bits per heavy atom. The van der Waals surface area contributed by atoms with Crippen LogP contribution in [0.25, 0.3) is 10.1 Å². The topological polar surface area (TPSA) is 33.0 Å². The van der Waals surface area contributed by atoms with E-state index in [1.165, 1.54) is 2.88 Å². The van der Waals surface area contributed by atoms with Crippen LogP contribution in [0, 0.1) is 14.2 Å². The Kier molecular flexibility index (Phi) is 2.61. The van der Waals surface area contributed by atoms with Crippen LogP contribution in [-0.2, 0) is 0 Å². The van der Waals surface area contributed by atoms with Crippen molar-refractivity contribution in [2.75, 3.05) is 7.11 Å². The highest BCUT2D eigenvalue weighted by atomic mass is 127. The Morgan fingerprint density at radius 2 is 2.21 bits per heavy atom. The summed E-state index contributed by atoms with van der Waals surface area (Å²) in [4.78, 5) is 0. The Morgan fingerprint density at radius 3 is 2.86 bits per heavy atom. The van der Waals surface area contributed by atoms with E-state index < -0.39 is 0 Å². The molecule has 1 heterocycles. The molecule has 2 rings (SSSR count). The quantitative estimate of drug-likeness (QED) is 0.756. The SMILES string of the molecule is COc1cc2cc(I)sc2cc1C#N. The lowest BCUT2D eigenvalue weighted by molar-refractivity contribution is 0.414. The number of nitriles is 1. The van der Waals surface area contributed by atoms with E-state index in [9.17, 15) is 0 Å². The van der Waals surface area contributed by atoms with Crippen molar-refractivity contribution in [3.63, 3.8) is 0 Å². The number of ether oxygens (including phenoxy) is 1. The van der Waals surface area contributed by atoms with Gasteiger partial charge >= 0.3 is 0 Å². The second-order valence-corrected chi connectivity index (χ2v) is 5.73. The Hall–Kier alpha value is -0.800. The van der Waals surface area contributed by atoms with Gasteiger partial charge in [0.1, 0.15) is 11.8 Å². The molecule has 0 amide bonds. The van der Waals surface area contributed by atoms with Gasteiger partial charge in [-0.2, -0.15) is 5.26 Å². The van der Waals surface area contributed by atoms with E-state index in [4.69, 9.17) is 10.00 Å². The third-order valence-electron chi connectivity index (χ3n) is 1.93.